The number of rotatable bonds is 4. The molecule has 100 valence electrons. The first-order valence-electron chi connectivity index (χ1n) is 6.91. The first-order chi connectivity index (χ1) is 8.69. The first kappa shape index (κ1) is 14.0. The average molecular weight is 311 g/mol. The molecular formula is C15H23BrN2. The summed E-state index contributed by atoms with van der Waals surface area (Å²) in [5.41, 5.74) is 1.41. The van der Waals surface area contributed by atoms with E-state index >= 15 is 0 Å². The third-order valence-electron chi connectivity index (χ3n) is 3.81. The van der Waals surface area contributed by atoms with Crippen LogP contribution in [-0.4, -0.2) is 30.1 Å². The Balaban J connectivity index is 1.89. The normalized spacial score (nSPS) is 25.3. The second-order valence-electron chi connectivity index (χ2n) is 5.22. The lowest BCUT2D eigenvalue weighted by atomic mass is 9.97. The van der Waals surface area contributed by atoms with E-state index in [9.17, 15) is 0 Å². The Morgan fingerprint density at radius 1 is 1.33 bits per heavy atom. The van der Waals surface area contributed by atoms with Gasteiger partial charge >= 0.3 is 0 Å². The number of hydrogen-bond donors (Lipinski definition) is 1. The topological polar surface area (TPSA) is 15.3 Å². The van der Waals surface area contributed by atoms with Gasteiger partial charge in [-0.25, -0.2) is 0 Å². The van der Waals surface area contributed by atoms with Gasteiger partial charge in [0.2, 0.25) is 0 Å². The Morgan fingerprint density at radius 3 is 2.67 bits per heavy atom. The summed E-state index contributed by atoms with van der Waals surface area (Å²) in [6.45, 7) is 7.91. The molecule has 1 heterocycles. The largest absolute Gasteiger partial charge is 0.314 e. The summed E-state index contributed by atoms with van der Waals surface area (Å²) >= 11 is 3.49. The zero-order valence-electron chi connectivity index (χ0n) is 11.3. The van der Waals surface area contributed by atoms with Crippen molar-refractivity contribution in [2.24, 2.45) is 0 Å². The Bertz CT molecular complexity index is 363. The minimum Gasteiger partial charge on any atom is -0.314 e. The molecule has 1 fully saturated rings. The molecule has 1 aromatic rings. The van der Waals surface area contributed by atoms with Crippen LogP contribution >= 0.6 is 15.9 Å². The van der Waals surface area contributed by atoms with Crippen LogP contribution in [0.2, 0.25) is 0 Å². The molecule has 0 radical (unpaired) electrons. The molecule has 1 aliphatic heterocycles. The molecule has 0 saturated carbocycles. The van der Waals surface area contributed by atoms with Gasteiger partial charge < -0.3 is 5.32 Å². The lowest BCUT2D eigenvalue weighted by Crippen LogP contribution is -2.46. The summed E-state index contributed by atoms with van der Waals surface area (Å²) in [5.74, 6) is 0. The zero-order valence-corrected chi connectivity index (χ0v) is 12.9. The zero-order chi connectivity index (χ0) is 13.0. The van der Waals surface area contributed by atoms with Crippen LogP contribution in [0.25, 0.3) is 0 Å². The SMILES string of the molecule is CCNC1CCN(Cc2ccc(Br)cc2)C(C)C1. The number of nitrogens with zero attached hydrogens (tertiary/aromatic N) is 1. The van der Waals surface area contributed by atoms with Crippen molar-refractivity contribution in [3.05, 3.63) is 34.3 Å². The fraction of sp³-hybridized carbons (Fsp3) is 0.600. The average Bonchev–Trinajstić information content (AvgIpc) is 2.36. The van der Waals surface area contributed by atoms with E-state index in [0.717, 1.165) is 17.6 Å². The predicted octanol–water partition coefficient (Wildman–Crippen LogP) is 3.41. The quantitative estimate of drug-likeness (QED) is 0.917. The minimum absolute atomic E-state index is 0.673. The maximum absolute atomic E-state index is 3.57. The number of hydrogen-bond acceptors (Lipinski definition) is 2. The van der Waals surface area contributed by atoms with E-state index in [-0.39, 0.29) is 0 Å². The van der Waals surface area contributed by atoms with E-state index in [4.69, 9.17) is 0 Å². The van der Waals surface area contributed by atoms with Crippen molar-refractivity contribution in [3.8, 4) is 0 Å². The maximum Gasteiger partial charge on any atom is 0.0236 e. The van der Waals surface area contributed by atoms with E-state index in [0.29, 0.717) is 12.1 Å². The summed E-state index contributed by atoms with van der Waals surface area (Å²) in [4.78, 5) is 2.59. The highest BCUT2D eigenvalue weighted by Crippen LogP contribution is 2.20. The lowest BCUT2D eigenvalue weighted by Gasteiger charge is -2.38. The monoisotopic (exact) mass is 310 g/mol. The number of nitrogens with one attached hydrogen (secondary N) is 1. The number of halogens is 1. The van der Waals surface area contributed by atoms with Crippen molar-refractivity contribution in [3.63, 3.8) is 0 Å². The van der Waals surface area contributed by atoms with E-state index < -0.39 is 0 Å². The summed E-state index contributed by atoms with van der Waals surface area (Å²) < 4.78 is 1.16. The van der Waals surface area contributed by atoms with Crippen LogP contribution < -0.4 is 5.32 Å². The van der Waals surface area contributed by atoms with E-state index in [1.54, 1.807) is 0 Å². The molecule has 2 atom stereocenters. The van der Waals surface area contributed by atoms with Gasteiger partial charge in [0.15, 0.2) is 0 Å². The van der Waals surface area contributed by atoms with Crippen molar-refractivity contribution < 1.29 is 0 Å². The summed E-state index contributed by atoms with van der Waals surface area (Å²) in [5, 5.41) is 3.57. The molecule has 0 amide bonds. The van der Waals surface area contributed by atoms with Crippen LogP contribution in [0, 0.1) is 0 Å². The van der Waals surface area contributed by atoms with Crippen LogP contribution in [-0.2, 0) is 6.54 Å². The highest BCUT2D eigenvalue weighted by atomic mass is 79.9. The number of benzene rings is 1. The third kappa shape index (κ3) is 3.81. The fourth-order valence-corrected chi connectivity index (χ4v) is 3.02. The molecule has 2 unspecified atom stereocenters. The van der Waals surface area contributed by atoms with Crippen LogP contribution in [0.4, 0.5) is 0 Å². The Labute approximate surface area is 119 Å². The second kappa shape index (κ2) is 6.69. The van der Waals surface area contributed by atoms with Gasteiger partial charge in [0.25, 0.3) is 0 Å². The molecule has 0 spiro atoms. The number of likely N-dealkylation sites (tertiary alicyclic amines) is 1. The van der Waals surface area contributed by atoms with Crippen LogP contribution in [0.15, 0.2) is 28.7 Å². The van der Waals surface area contributed by atoms with Crippen LogP contribution in [0.3, 0.4) is 0 Å². The van der Waals surface area contributed by atoms with Gasteiger partial charge in [-0.3, -0.25) is 4.90 Å². The second-order valence-corrected chi connectivity index (χ2v) is 6.14. The molecule has 1 aromatic carbocycles. The van der Waals surface area contributed by atoms with E-state index in [1.165, 1.54) is 24.9 Å². The molecule has 18 heavy (non-hydrogen) atoms. The maximum atomic E-state index is 3.57. The van der Waals surface area contributed by atoms with Crippen molar-refractivity contribution >= 4 is 15.9 Å². The van der Waals surface area contributed by atoms with Crippen molar-refractivity contribution in [2.45, 2.75) is 45.3 Å². The molecule has 0 aliphatic carbocycles. The molecule has 3 heteroatoms. The number of piperidine rings is 1. The summed E-state index contributed by atoms with van der Waals surface area (Å²) in [6.07, 6.45) is 2.54. The summed E-state index contributed by atoms with van der Waals surface area (Å²) in [6, 6.07) is 10.1. The minimum atomic E-state index is 0.673. The highest BCUT2D eigenvalue weighted by Gasteiger charge is 2.24. The van der Waals surface area contributed by atoms with Gasteiger partial charge in [-0.05, 0) is 44.0 Å². The van der Waals surface area contributed by atoms with Crippen LogP contribution in [0.1, 0.15) is 32.3 Å². The Morgan fingerprint density at radius 2 is 2.06 bits per heavy atom. The third-order valence-corrected chi connectivity index (χ3v) is 4.33. The van der Waals surface area contributed by atoms with Crippen molar-refractivity contribution in [1.29, 1.82) is 0 Å². The molecule has 1 N–H and O–H groups in total. The van der Waals surface area contributed by atoms with Gasteiger partial charge in [0, 0.05) is 29.6 Å². The molecule has 0 bridgehead atoms. The van der Waals surface area contributed by atoms with E-state index in [1.807, 2.05) is 0 Å². The molecule has 1 aliphatic rings. The Kier molecular flexibility index (Phi) is 5.22. The first-order valence-corrected chi connectivity index (χ1v) is 7.70. The van der Waals surface area contributed by atoms with Crippen LogP contribution in [0.5, 0.6) is 0 Å². The van der Waals surface area contributed by atoms with Gasteiger partial charge in [-0.1, -0.05) is 35.0 Å². The highest BCUT2D eigenvalue weighted by molar-refractivity contribution is 9.10. The van der Waals surface area contributed by atoms with Gasteiger partial charge in [0.1, 0.15) is 0 Å². The molecule has 2 rings (SSSR count). The van der Waals surface area contributed by atoms with Crippen molar-refractivity contribution in [1.82, 2.24) is 10.2 Å². The van der Waals surface area contributed by atoms with Gasteiger partial charge in [-0.15, -0.1) is 0 Å². The molecule has 2 nitrogen and oxygen atoms in total. The summed E-state index contributed by atoms with van der Waals surface area (Å²) in [7, 11) is 0. The Hall–Kier alpha value is -0.380. The van der Waals surface area contributed by atoms with E-state index in [2.05, 4.69) is 64.3 Å². The van der Waals surface area contributed by atoms with Gasteiger partial charge in [-0.2, -0.15) is 0 Å². The predicted molar refractivity (Wildman–Crippen MR) is 80.7 cm³/mol. The lowest BCUT2D eigenvalue weighted by molar-refractivity contribution is 0.129. The standard InChI is InChI=1S/C15H23BrN2/c1-3-17-15-8-9-18(12(2)10-15)11-13-4-6-14(16)7-5-13/h4-7,12,15,17H,3,8-11H2,1-2H3. The smallest absolute Gasteiger partial charge is 0.0236 e. The molecule has 0 aromatic heterocycles. The fourth-order valence-electron chi connectivity index (χ4n) is 2.75. The molecular weight excluding hydrogens is 288 g/mol. The van der Waals surface area contributed by atoms with Crippen molar-refractivity contribution in [2.75, 3.05) is 13.1 Å². The van der Waals surface area contributed by atoms with Gasteiger partial charge in [0.05, 0.1) is 0 Å². The molecule has 1 saturated heterocycles.